The molecule has 1 rings (SSSR count). The fourth-order valence-electron chi connectivity index (χ4n) is 2.07. The van der Waals surface area contributed by atoms with Gasteiger partial charge in [-0.25, -0.2) is 0 Å². The minimum Gasteiger partial charge on any atom is -0.402 e. The molecule has 0 aliphatic rings. The molecule has 6 heteroatoms. The Morgan fingerprint density at radius 3 is 1.57 bits per heavy atom. The summed E-state index contributed by atoms with van der Waals surface area (Å²) < 4.78 is 0. The van der Waals surface area contributed by atoms with Crippen LogP contribution in [0.3, 0.4) is 0 Å². The van der Waals surface area contributed by atoms with Gasteiger partial charge in [-0.05, 0) is 38.2 Å². The molecule has 1 aromatic rings. The van der Waals surface area contributed by atoms with Crippen LogP contribution in [-0.2, 0) is 5.41 Å². The standard InChI is InChI=1S/C15H24O2.BH3O3/c1-13(2,12-9-7-6-8-10-12)11-15(5,17)14(3,4)16;2-1(3)4/h6-10,16-17H,11H2,1-5H3;2-4H. The van der Waals surface area contributed by atoms with Gasteiger partial charge in [-0.15, -0.1) is 0 Å². The molecule has 0 aromatic heterocycles. The lowest BCUT2D eigenvalue weighted by atomic mass is 9.71. The predicted molar refractivity (Wildman–Crippen MR) is 83.4 cm³/mol. The molecule has 0 saturated carbocycles. The lowest BCUT2D eigenvalue weighted by Gasteiger charge is -2.41. The van der Waals surface area contributed by atoms with E-state index in [1.807, 2.05) is 18.2 Å². The predicted octanol–water partition coefficient (Wildman–Crippen LogP) is 0.824. The van der Waals surface area contributed by atoms with Gasteiger partial charge in [0.2, 0.25) is 0 Å². The summed E-state index contributed by atoms with van der Waals surface area (Å²) in [5, 5.41) is 41.9. The van der Waals surface area contributed by atoms with E-state index < -0.39 is 18.5 Å². The Kier molecular flexibility index (Phi) is 7.06. The van der Waals surface area contributed by atoms with Crippen molar-refractivity contribution in [1.82, 2.24) is 0 Å². The zero-order chi connectivity index (χ0) is 16.9. The Morgan fingerprint density at radius 2 is 1.24 bits per heavy atom. The van der Waals surface area contributed by atoms with Crippen LogP contribution in [0.2, 0.25) is 0 Å². The second kappa shape index (κ2) is 7.38. The van der Waals surface area contributed by atoms with Crippen molar-refractivity contribution in [2.75, 3.05) is 0 Å². The van der Waals surface area contributed by atoms with E-state index in [0.29, 0.717) is 6.42 Å². The van der Waals surface area contributed by atoms with Gasteiger partial charge in [-0.3, -0.25) is 0 Å². The summed E-state index contributed by atoms with van der Waals surface area (Å²) in [5.41, 5.74) is -1.24. The highest BCUT2D eigenvalue weighted by molar-refractivity contribution is 6.30. The van der Waals surface area contributed by atoms with Gasteiger partial charge >= 0.3 is 7.32 Å². The van der Waals surface area contributed by atoms with Crippen molar-refractivity contribution in [3.8, 4) is 0 Å². The maximum absolute atomic E-state index is 10.4. The minimum atomic E-state index is -2.17. The van der Waals surface area contributed by atoms with Crippen LogP contribution in [0.1, 0.15) is 46.6 Å². The highest BCUT2D eigenvalue weighted by Gasteiger charge is 2.42. The lowest BCUT2D eigenvalue weighted by Crippen LogP contribution is -2.50. The molecule has 0 aliphatic heterocycles. The third-order valence-corrected chi connectivity index (χ3v) is 3.66. The quantitative estimate of drug-likeness (QED) is 0.530. The molecule has 5 N–H and O–H groups in total. The van der Waals surface area contributed by atoms with Crippen LogP contribution < -0.4 is 0 Å². The number of rotatable bonds is 4. The summed E-state index contributed by atoms with van der Waals surface area (Å²) in [6.45, 7) is 9.16. The summed E-state index contributed by atoms with van der Waals surface area (Å²) >= 11 is 0. The van der Waals surface area contributed by atoms with Crippen molar-refractivity contribution in [3.05, 3.63) is 35.9 Å². The minimum absolute atomic E-state index is 0.176. The molecule has 5 nitrogen and oxygen atoms in total. The molecule has 120 valence electrons. The molecule has 0 spiro atoms. The monoisotopic (exact) mass is 298 g/mol. The fraction of sp³-hybridized carbons (Fsp3) is 0.600. The molecule has 0 heterocycles. The Labute approximate surface area is 127 Å². The van der Waals surface area contributed by atoms with Crippen molar-refractivity contribution in [1.29, 1.82) is 0 Å². The molecule has 0 radical (unpaired) electrons. The molecule has 1 unspecified atom stereocenters. The Morgan fingerprint density at radius 1 is 0.857 bits per heavy atom. The Bertz CT molecular complexity index is 407. The van der Waals surface area contributed by atoms with Crippen molar-refractivity contribution in [2.45, 2.75) is 57.7 Å². The Hall–Kier alpha value is -0.915. The third-order valence-electron chi connectivity index (χ3n) is 3.66. The van der Waals surface area contributed by atoms with Crippen LogP contribution in [0, 0.1) is 0 Å². The average molecular weight is 298 g/mol. The van der Waals surface area contributed by atoms with E-state index in [4.69, 9.17) is 15.1 Å². The third kappa shape index (κ3) is 7.06. The lowest BCUT2D eigenvalue weighted by molar-refractivity contribution is -0.131. The van der Waals surface area contributed by atoms with Gasteiger partial charge < -0.3 is 25.3 Å². The molecule has 21 heavy (non-hydrogen) atoms. The zero-order valence-corrected chi connectivity index (χ0v) is 13.4. The zero-order valence-electron chi connectivity index (χ0n) is 13.4. The van der Waals surface area contributed by atoms with Crippen LogP contribution in [0.25, 0.3) is 0 Å². The van der Waals surface area contributed by atoms with E-state index in [-0.39, 0.29) is 5.41 Å². The average Bonchev–Trinajstić information content (AvgIpc) is 2.26. The van der Waals surface area contributed by atoms with Crippen LogP contribution in [-0.4, -0.2) is 43.8 Å². The van der Waals surface area contributed by atoms with Gasteiger partial charge in [0.1, 0.15) is 0 Å². The number of hydrogen-bond acceptors (Lipinski definition) is 5. The SMILES string of the molecule is CC(C)(CC(C)(O)C(C)(C)O)c1ccccc1.OB(O)O. The molecule has 0 amide bonds. The molecule has 0 fully saturated rings. The molecular weight excluding hydrogens is 271 g/mol. The van der Waals surface area contributed by atoms with E-state index in [1.165, 1.54) is 5.56 Å². The first-order valence-corrected chi connectivity index (χ1v) is 6.84. The Balaban J connectivity index is 0.000000885. The largest absolute Gasteiger partial charge is 0.631 e. The maximum atomic E-state index is 10.4. The number of hydrogen-bond donors (Lipinski definition) is 5. The van der Waals surface area contributed by atoms with E-state index in [1.54, 1.807) is 20.8 Å². The summed E-state index contributed by atoms with van der Waals surface area (Å²) in [6, 6.07) is 10.1. The first-order chi connectivity index (χ1) is 9.29. The van der Waals surface area contributed by atoms with Gasteiger partial charge in [0.25, 0.3) is 0 Å². The molecule has 0 bridgehead atoms. The van der Waals surface area contributed by atoms with Crippen molar-refractivity contribution < 1.29 is 25.3 Å². The fourth-order valence-corrected chi connectivity index (χ4v) is 2.07. The molecule has 0 aliphatic carbocycles. The van der Waals surface area contributed by atoms with Crippen LogP contribution in [0.15, 0.2) is 30.3 Å². The summed E-state index contributed by atoms with van der Waals surface area (Å²) in [7, 11) is -2.17. The highest BCUT2D eigenvalue weighted by Crippen LogP contribution is 2.36. The van der Waals surface area contributed by atoms with Gasteiger partial charge in [-0.2, -0.15) is 0 Å². The van der Waals surface area contributed by atoms with E-state index >= 15 is 0 Å². The second-order valence-electron chi connectivity index (χ2n) is 6.61. The van der Waals surface area contributed by atoms with Gasteiger partial charge in [0.15, 0.2) is 0 Å². The first-order valence-electron chi connectivity index (χ1n) is 6.84. The van der Waals surface area contributed by atoms with Crippen molar-refractivity contribution in [3.63, 3.8) is 0 Å². The molecule has 1 aromatic carbocycles. The molecule has 1 atom stereocenters. The maximum Gasteiger partial charge on any atom is 0.631 e. The highest BCUT2D eigenvalue weighted by atomic mass is 16.5. The van der Waals surface area contributed by atoms with E-state index in [2.05, 4.69) is 26.0 Å². The topological polar surface area (TPSA) is 101 Å². The number of aliphatic hydroxyl groups is 2. The van der Waals surface area contributed by atoms with E-state index in [9.17, 15) is 10.2 Å². The normalized spacial score (nSPS) is 14.8. The second-order valence-corrected chi connectivity index (χ2v) is 6.61. The van der Waals surface area contributed by atoms with Crippen molar-refractivity contribution >= 4 is 7.32 Å². The van der Waals surface area contributed by atoms with Gasteiger partial charge in [-0.1, -0.05) is 44.2 Å². The molecular formula is C15H27BO5. The summed E-state index contributed by atoms with van der Waals surface area (Å²) in [6.07, 6.45) is 0.507. The smallest absolute Gasteiger partial charge is 0.402 e. The van der Waals surface area contributed by atoms with Crippen LogP contribution in [0.5, 0.6) is 0 Å². The van der Waals surface area contributed by atoms with E-state index in [0.717, 1.165) is 0 Å². The summed E-state index contributed by atoms with van der Waals surface area (Å²) in [4.78, 5) is 0. The van der Waals surface area contributed by atoms with Gasteiger partial charge in [0, 0.05) is 0 Å². The first kappa shape index (κ1) is 20.1. The van der Waals surface area contributed by atoms with Crippen molar-refractivity contribution in [2.24, 2.45) is 0 Å². The van der Waals surface area contributed by atoms with Crippen LogP contribution >= 0.6 is 0 Å². The molecule has 0 saturated heterocycles. The summed E-state index contributed by atoms with van der Waals surface area (Å²) in [5.74, 6) is 0. The van der Waals surface area contributed by atoms with Gasteiger partial charge in [0.05, 0.1) is 11.2 Å². The van der Waals surface area contributed by atoms with Crippen LogP contribution in [0.4, 0.5) is 0 Å². The number of benzene rings is 1.